The Morgan fingerprint density at radius 1 is 1.04 bits per heavy atom. The zero-order valence-electron chi connectivity index (χ0n) is 13.5. The second-order valence-corrected chi connectivity index (χ2v) is 6.65. The van der Waals surface area contributed by atoms with Crippen molar-refractivity contribution in [2.24, 2.45) is 5.92 Å². The molecular formula is C19H20O4S. The van der Waals surface area contributed by atoms with Crippen LogP contribution < -0.4 is 4.74 Å². The van der Waals surface area contributed by atoms with Crippen LogP contribution in [0.5, 0.6) is 5.75 Å². The van der Waals surface area contributed by atoms with Crippen molar-refractivity contribution in [3.05, 3.63) is 65.7 Å². The number of ether oxygens (including phenoxy) is 1. The molecular weight excluding hydrogens is 324 g/mol. The number of carbonyl (C=O) groups is 2. The summed E-state index contributed by atoms with van der Waals surface area (Å²) in [4.78, 5) is 22.1. The predicted octanol–water partition coefficient (Wildman–Crippen LogP) is 3.64. The molecule has 0 aliphatic heterocycles. The Morgan fingerprint density at radius 3 is 2.25 bits per heavy atom. The van der Waals surface area contributed by atoms with E-state index in [0.29, 0.717) is 5.75 Å². The van der Waals surface area contributed by atoms with Crippen LogP contribution in [-0.2, 0) is 16.0 Å². The van der Waals surface area contributed by atoms with E-state index in [0.717, 1.165) is 23.7 Å². The van der Waals surface area contributed by atoms with Crippen molar-refractivity contribution in [1.29, 1.82) is 0 Å². The van der Waals surface area contributed by atoms with Gasteiger partial charge in [0.15, 0.2) is 5.12 Å². The number of carboxylic acid groups (broad SMARTS) is 1. The van der Waals surface area contributed by atoms with Crippen LogP contribution >= 0.6 is 11.8 Å². The van der Waals surface area contributed by atoms with Crippen molar-refractivity contribution in [3.8, 4) is 5.75 Å². The van der Waals surface area contributed by atoms with Crippen molar-refractivity contribution in [2.45, 2.75) is 13.3 Å². The second-order valence-electron chi connectivity index (χ2n) is 5.46. The van der Waals surface area contributed by atoms with Crippen LogP contribution in [0.1, 0.15) is 18.1 Å². The highest BCUT2D eigenvalue weighted by molar-refractivity contribution is 8.13. The Labute approximate surface area is 145 Å². The molecule has 1 atom stereocenters. The third kappa shape index (κ3) is 6.08. The maximum Gasteiger partial charge on any atom is 0.310 e. The number of thioether (sulfide) groups is 1. The molecule has 0 aromatic heterocycles. The molecule has 0 aliphatic rings. The summed E-state index contributed by atoms with van der Waals surface area (Å²) < 4.78 is 5.56. The molecule has 0 fully saturated rings. The first kappa shape index (κ1) is 18.1. The minimum absolute atomic E-state index is 0.0493. The van der Waals surface area contributed by atoms with Crippen LogP contribution in [0.25, 0.3) is 0 Å². The maximum absolute atomic E-state index is 11.2. The van der Waals surface area contributed by atoms with Crippen LogP contribution in [0.2, 0.25) is 0 Å². The number of aliphatic carboxylic acids is 1. The monoisotopic (exact) mass is 344 g/mol. The molecule has 2 aromatic rings. The molecule has 4 nitrogen and oxygen atoms in total. The molecule has 126 valence electrons. The van der Waals surface area contributed by atoms with E-state index in [-0.39, 0.29) is 17.5 Å². The quantitative estimate of drug-likeness (QED) is 0.792. The number of carboxylic acids is 1. The van der Waals surface area contributed by atoms with Gasteiger partial charge in [-0.1, -0.05) is 54.2 Å². The van der Waals surface area contributed by atoms with E-state index in [2.05, 4.69) is 12.1 Å². The third-order valence-electron chi connectivity index (χ3n) is 3.46. The lowest BCUT2D eigenvalue weighted by Gasteiger charge is -2.13. The van der Waals surface area contributed by atoms with Gasteiger partial charge in [-0.05, 0) is 29.7 Å². The maximum atomic E-state index is 11.2. The summed E-state index contributed by atoms with van der Waals surface area (Å²) in [5.41, 5.74) is 2.40. The summed E-state index contributed by atoms with van der Waals surface area (Å²) in [6, 6.07) is 17.8. The van der Waals surface area contributed by atoms with E-state index in [1.54, 1.807) is 0 Å². The average Bonchev–Trinajstić information content (AvgIpc) is 2.56. The van der Waals surface area contributed by atoms with Gasteiger partial charge in [-0.2, -0.15) is 0 Å². The van der Waals surface area contributed by atoms with Gasteiger partial charge in [0.1, 0.15) is 18.3 Å². The van der Waals surface area contributed by atoms with Crippen molar-refractivity contribution in [3.63, 3.8) is 0 Å². The summed E-state index contributed by atoms with van der Waals surface area (Å²) >= 11 is 1.01. The van der Waals surface area contributed by atoms with Gasteiger partial charge in [0, 0.05) is 12.7 Å². The lowest BCUT2D eigenvalue weighted by Crippen LogP contribution is -2.24. The average molecular weight is 344 g/mol. The highest BCUT2D eigenvalue weighted by atomic mass is 32.2. The van der Waals surface area contributed by atoms with E-state index in [9.17, 15) is 9.59 Å². The number of carbonyl (C=O) groups excluding carboxylic acids is 1. The molecule has 0 spiro atoms. The Bertz CT molecular complexity index is 668. The Kier molecular flexibility index (Phi) is 6.88. The highest BCUT2D eigenvalue weighted by Crippen LogP contribution is 2.17. The van der Waals surface area contributed by atoms with E-state index >= 15 is 0 Å². The first-order chi connectivity index (χ1) is 11.5. The van der Waals surface area contributed by atoms with Crippen LogP contribution in [0.3, 0.4) is 0 Å². The van der Waals surface area contributed by atoms with Gasteiger partial charge in [-0.3, -0.25) is 9.59 Å². The molecule has 0 saturated carbocycles. The molecule has 0 saturated heterocycles. The number of benzene rings is 2. The molecule has 0 aliphatic carbocycles. The second kappa shape index (κ2) is 9.13. The summed E-state index contributed by atoms with van der Waals surface area (Å²) in [5, 5.41) is 9.08. The highest BCUT2D eigenvalue weighted by Gasteiger charge is 2.19. The molecule has 5 heteroatoms. The van der Waals surface area contributed by atoms with E-state index in [1.165, 1.54) is 12.5 Å². The van der Waals surface area contributed by atoms with Crippen LogP contribution in [0.15, 0.2) is 54.6 Å². The molecule has 1 N–H and O–H groups in total. The first-order valence-corrected chi connectivity index (χ1v) is 8.65. The minimum Gasteiger partial charge on any atom is -0.493 e. The van der Waals surface area contributed by atoms with Crippen LogP contribution in [0.4, 0.5) is 0 Å². The fourth-order valence-electron chi connectivity index (χ4n) is 2.14. The zero-order valence-corrected chi connectivity index (χ0v) is 14.3. The van der Waals surface area contributed by atoms with Gasteiger partial charge in [-0.25, -0.2) is 0 Å². The lowest BCUT2D eigenvalue weighted by molar-refractivity contribution is -0.141. The molecule has 0 radical (unpaired) electrons. The topological polar surface area (TPSA) is 63.6 Å². The van der Waals surface area contributed by atoms with Crippen molar-refractivity contribution in [2.75, 3.05) is 12.4 Å². The molecule has 24 heavy (non-hydrogen) atoms. The predicted molar refractivity (Wildman–Crippen MR) is 95.4 cm³/mol. The van der Waals surface area contributed by atoms with E-state index in [1.807, 2.05) is 42.5 Å². The normalized spacial score (nSPS) is 11.7. The van der Waals surface area contributed by atoms with Gasteiger partial charge >= 0.3 is 5.97 Å². The third-order valence-corrected chi connectivity index (χ3v) is 4.44. The van der Waals surface area contributed by atoms with Crippen molar-refractivity contribution >= 4 is 22.8 Å². The lowest BCUT2D eigenvalue weighted by atomic mass is 10.1. The summed E-state index contributed by atoms with van der Waals surface area (Å²) in [5.74, 6) is -0.810. The van der Waals surface area contributed by atoms with E-state index in [4.69, 9.17) is 9.84 Å². The number of rotatable bonds is 8. The summed E-state index contributed by atoms with van der Waals surface area (Å²) in [7, 11) is 0. The molecule has 1 unspecified atom stereocenters. The Hall–Kier alpha value is -2.27. The molecule has 0 heterocycles. The van der Waals surface area contributed by atoms with Crippen LogP contribution in [-0.4, -0.2) is 28.6 Å². The van der Waals surface area contributed by atoms with Gasteiger partial charge in [0.2, 0.25) is 0 Å². The van der Waals surface area contributed by atoms with Crippen molar-refractivity contribution < 1.29 is 19.4 Å². The number of hydrogen-bond acceptors (Lipinski definition) is 4. The molecule has 2 rings (SSSR count). The number of hydrogen-bond donors (Lipinski definition) is 1. The SMILES string of the molecule is CC(=O)SCC(COc1ccc(Cc2ccccc2)cc1)C(=O)O. The Morgan fingerprint density at radius 2 is 1.67 bits per heavy atom. The smallest absolute Gasteiger partial charge is 0.310 e. The van der Waals surface area contributed by atoms with Gasteiger partial charge in [0.25, 0.3) is 0 Å². The van der Waals surface area contributed by atoms with Crippen LogP contribution in [0, 0.1) is 5.92 Å². The summed E-state index contributed by atoms with van der Waals surface area (Å²) in [6.07, 6.45) is 0.841. The molecule has 0 bridgehead atoms. The van der Waals surface area contributed by atoms with Gasteiger partial charge in [0.05, 0.1) is 0 Å². The largest absolute Gasteiger partial charge is 0.493 e. The molecule has 2 aromatic carbocycles. The molecule has 0 amide bonds. The minimum atomic E-state index is -0.954. The van der Waals surface area contributed by atoms with E-state index < -0.39 is 11.9 Å². The van der Waals surface area contributed by atoms with Gasteiger partial charge < -0.3 is 9.84 Å². The zero-order chi connectivity index (χ0) is 17.4. The summed E-state index contributed by atoms with van der Waals surface area (Å²) in [6.45, 7) is 1.48. The van der Waals surface area contributed by atoms with Crippen molar-refractivity contribution in [1.82, 2.24) is 0 Å². The standard InChI is InChI=1S/C19H20O4S/c1-14(20)24-13-17(19(21)22)12-23-18-9-7-16(8-10-18)11-15-5-3-2-4-6-15/h2-10,17H,11-13H2,1H3,(H,21,22). The fourth-order valence-corrected chi connectivity index (χ4v) is 2.82. The Balaban J connectivity index is 1.88. The van der Waals surface area contributed by atoms with Gasteiger partial charge in [-0.15, -0.1) is 0 Å². The first-order valence-electron chi connectivity index (χ1n) is 7.66. The fraction of sp³-hybridized carbons (Fsp3) is 0.263.